The average Bonchev–Trinajstić information content (AvgIpc) is 2.08. The molecule has 0 aliphatic carbocycles. The van der Waals surface area contributed by atoms with E-state index >= 15 is 0 Å². The number of hydrogen-bond acceptors (Lipinski definition) is 2. The van der Waals surface area contributed by atoms with Crippen LogP contribution in [-0.2, 0) is 0 Å². The topological polar surface area (TPSA) is 49.8 Å². The third-order valence-electron chi connectivity index (χ3n) is 1.68. The SMILES string of the molecule is CC(C#N)c1cc(N)ccc1F. The Kier molecular flexibility index (Phi) is 2.29. The highest BCUT2D eigenvalue weighted by Crippen LogP contribution is 2.20. The summed E-state index contributed by atoms with van der Waals surface area (Å²) in [5, 5.41) is 8.55. The van der Waals surface area contributed by atoms with Crippen molar-refractivity contribution < 1.29 is 4.39 Å². The summed E-state index contributed by atoms with van der Waals surface area (Å²) in [5.74, 6) is -0.827. The van der Waals surface area contributed by atoms with Gasteiger partial charge in [-0.05, 0) is 25.1 Å². The van der Waals surface area contributed by atoms with Gasteiger partial charge >= 0.3 is 0 Å². The van der Waals surface area contributed by atoms with Gasteiger partial charge in [0.15, 0.2) is 0 Å². The lowest BCUT2D eigenvalue weighted by Crippen LogP contribution is -1.96. The molecular weight excluding hydrogens is 155 g/mol. The van der Waals surface area contributed by atoms with Crippen molar-refractivity contribution in [1.29, 1.82) is 5.26 Å². The number of anilines is 1. The molecule has 0 fully saturated rings. The van der Waals surface area contributed by atoms with E-state index < -0.39 is 5.92 Å². The Morgan fingerprint density at radius 3 is 2.83 bits per heavy atom. The Labute approximate surface area is 70.4 Å². The molecule has 2 N–H and O–H groups in total. The number of nitrogens with two attached hydrogens (primary N) is 1. The van der Waals surface area contributed by atoms with E-state index in [1.165, 1.54) is 18.2 Å². The smallest absolute Gasteiger partial charge is 0.127 e. The third kappa shape index (κ3) is 1.54. The molecule has 0 saturated carbocycles. The first-order valence-electron chi connectivity index (χ1n) is 3.59. The van der Waals surface area contributed by atoms with Gasteiger partial charge in [0.1, 0.15) is 5.82 Å². The van der Waals surface area contributed by atoms with E-state index in [4.69, 9.17) is 11.0 Å². The molecule has 0 bridgehead atoms. The molecule has 0 heterocycles. The maximum Gasteiger partial charge on any atom is 0.127 e. The molecule has 0 amide bonds. The molecule has 0 aliphatic heterocycles. The van der Waals surface area contributed by atoms with E-state index in [2.05, 4.69) is 0 Å². The van der Waals surface area contributed by atoms with Crippen molar-refractivity contribution in [3.05, 3.63) is 29.6 Å². The molecule has 1 aromatic rings. The summed E-state index contributed by atoms with van der Waals surface area (Å²) in [4.78, 5) is 0. The maximum absolute atomic E-state index is 13.0. The third-order valence-corrected chi connectivity index (χ3v) is 1.68. The quantitative estimate of drug-likeness (QED) is 0.645. The number of nitrogens with zero attached hydrogens (tertiary/aromatic N) is 1. The zero-order valence-electron chi connectivity index (χ0n) is 6.71. The van der Waals surface area contributed by atoms with Crippen LogP contribution >= 0.6 is 0 Å². The largest absolute Gasteiger partial charge is 0.399 e. The molecular formula is C9H9FN2. The van der Waals surface area contributed by atoms with Gasteiger partial charge in [-0.2, -0.15) is 5.26 Å². The van der Waals surface area contributed by atoms with Gasteiger partial charge in [0.25, 0.3) is 0 Å². The first-order chi connectivity index (χ1) is 5.65. The second-order valence-corrected chi connectivity index (χ2v) is 2.63. The standard InChI is InChI=1S/C9H9FN2/c1-6(5-11)8-4-7(12)2-3-9(8)10/h2-4,6H,12H2,1H3. The first kappa shape index (κ1) is 8.54. The molecule has 62 valence electrons. The molecule has 0 aliphatic rings. The van der Waals surface area contributed by atoms with Crippen molar-refractivity contribution in [2.24, 2.45) is 0 Å². The lowest BCUT2D eigenvalue weighted by atomic mass is 10.0. The van der Waals surface area contributed by atoms with Gasteiger partial charge in [0.05, 0.1) is 12.0 Å². The molecule has 0 aromatic heterocycles. The average molecular weight is 164 g/mol. The summed E-state index contributed by atoms with van der Waals surface area (Å²) in [6, 6.07) is 6.19. The van der Waals surface area contributed by atoms with E-state index in [-0.39, 0.29) is 5.82 Å². The Balaban J connectivity index is 3.15. The Morgan fingerprint density at radius 2 is 2.25 bits per heavy atom. The molecule has 0 saturated heterocycles. The van der Waals surface area contributed by atoms with E-state index in [9.17, 15) is 4.39 Å². The van der Waals surface area contributed by atoms with E-state index in [1.54, 1.807) is 6.92 Å². The number of rotatable bonds is 1. The minimum absolute atomic E-state index is 0.359. The van der Waals surface area contributed by atoms with E-state index in [0.29, 0.717) is 11.3 Å². The van der Waals surface area contributed by atoms with Gasteiger partial charge in [0.2, 0.25) is 0 Å². The van der Waals surface area contributed by atoms with Gasteiger partial charge in [-0.1, -0.05) is 0 Å². The van der Waals surface area contributed by atoms with Crippen molar-refractivity contribution in [1.82, 2.24) is 0 Å². The second-order valence-electron chi connectivity index (χ2n) is 2.63. The van der Waals surface area contributed by atoms with Crippen LogP contribution < -0.4 is 5.73 Å². The zero-order chi connectivity index (χ0) is 9.14. The van der Waals surface area contributed by atoms with Crippen molar-refractivity contribution in [3.8, 4) is 6.07 Å². The fourth-order valence-electron chi connectivity index (χ4n) is 0.964. The fraction of sp³-hybridized carbons (Fsp3) is 0.222. The first-order valence-corrected chi connectivity index (χ1v) is 3.59. The molecule has 2 nitrogen and oxygen atoms in total. The summed E-state index contributed by atoms with van der Waals surface area (Å²) in [6.07, 6.45) is 0. The molecule has 0 radical (unpaired) electrons. The lowest BCUT2D eigenvalue weighted by Gasteiger charge is -2.04. The summed E-state index contributed by atoms with van der Waals surface area (Å²) < 4.78 is 13.0. The summed E-state index contributed by atoms with van der Waals surface area (Å²) in [6.45, 7) is 1.64. The maximum atomic E-state index is 13.0. The molecule has 1 atom stereocenters. The number of halogens is 1. The zero-order valence-corrected chi connectivity index (χ0v) is 6.71. The Hall–Kier alpha value is -1.56. The van der Waals surface area contributed by atoms with Gasteiger partial charge in [0, 0.05) is 11.3 Å². The molecule has 12 heavy (non-hydrogen) atoms. The van der Waals surface area contributed by atoms with Crippen molar-refractivity contribution in [2.75, 3.05) is 5.73 Å². The van der Waals surface area contributed by atoms with Crippen molar-refractivity contribution in [2.45, 2.75) is 12.8 Å². The Bertz CT molecular complexity index is 328. The minimum atomic E-state index is -0.450. The molecule has 1 unspecified atom stereocenters. The fourth-order valence-corrected chi connectivity index (χ4v) is 0.964. The molecule has 0 spiro atoms. The molecule has 1 rings (SSSR count). The van der Waals surface area contributed by atoms with E-state index in [1.807, 2.05) is 6.07 Å². The van der Waals surface area contributed by atoms with Crippen LogP contribution in [0.5, 0.6) is 0 Å². The van der Waals surface area contributed by atoms with Crippen LogP contribution in [0.3, 0.4) is 0 Å². The van der Waals surface area contributed by atoms with Gasteiger partial charge in [-0.25, -0.2) is 4.39 Å². The van der Waals surface area contributed by atoms with Crippen LogP contribution in [0.4, 0.5) is 10.1 Å². The van der Waals surface area contributed by atoms with Gasteiger partial charge < -0.3 is 5.73 Å². The highest BCUT2D eigenvalue weighted by Gasteiger charge is 2.09. The van der Waals surface area contributed by atoms with Gasteiger partial charge in [-0.3, -0.25) is 0 Å². The number of benzene rings is 1. The van der Waals surface area contributed by atoms with Crippen LogP contribution in [0, 0.1) is 17.1 Å². The van der Waals surface area contributed by atoms with E-state index in [0.717, 1.165) is 0 Å². The predicted octanol–water partition coefficient (Wildman–Crippen LogP) is 2.03. The van der Waals surface area contributed by atoms with Crippen LogP contribution in [0.1, 0.15) is 18.4 Å². The van der Waals surface area contributed by atoms with Crippen molar-refractivity contribution >= 4 is 5.69 Å². The lowest BCUT2D eigenvalue weighted by molar-refractivity contribution is 0.606. The van der Waals surface area contributed by atoms with Crippen LogP contribution in [0.2, 0.25) is 0 Å². The Morgan fingerprint density at radius 1 is 1.58 bits per heavy atom. The summed E-state index contributed by atoms with van der Waals surface area (Å²) in [7, 11) is 0. The monoisotopic (exact) mass is 164 g/mol. The highest BCUT2D eigenvalue weighted by molar-refractivity contribution is 5.43. The summed E-state index contributed by atoms with van der Waals surface area (Å²) in [5.41, 5.74) is 6.28. The normalized spacial score (nSPS) is 12.1. The highest BCUT2D eigenvalue weighted by atomic mass is 19.1. The minimum Gasteiger partial charge on any atom is -0.399 e. The van der Waals surface area contributed by atoms with Crippen LogP contribution in [0.25, 0.3) is 0 Å². The van der Waals surface area contributed by atoms with Crippen LogP contribution in [-0.4, -0.2) is 0 Å². The number of hydrogen-bond donors (Lipinski definition) is 1. The number of nitrogen functional groups attached to an aromatic ring is 1. The predicted molar refractivity (Wildman–Crippen MR) is 44.8 cm³/mol. The summed E-state index contributed by atoms with van der Waals surface area (Å²) >= 11 is 0. The van der Waals surface area contributed by atoms with Crippen molar-refractivity contribution in [3.63, 3.8) is 0 Å². The van der Waals surface area contributed by atoms with Gasteiger partial charge in [-0.15, -0.1) is 0 Å². The van der Waals surface area contributed by atoms with Crippen LogP contribution in [0.15, 0.2) is 18.2 Å². The number of nitriles is 1. The molecule has 1 aromatic carbocycles. The molecule has 3 heteroatoms. The second kappa shape index (κ2) is 3.22.